The summed E-state index contributed by atoms with van der Waals surface area (Å²) >= 11 is 0. The average Bonchev–Trinajstić information content (AvgIpc) is 2.42. The molecule has 18 heavy (non-hydrogen) atoms. The van der Waals surface area contributed by atoms with Gasteiger partial charge in [0.25, 0.3) is 0 Å². The summed E-state index contributed by atoms with van der Waals surface area (Å²) in [6.07, 6.45) is 1.66. The van der Waals surface area contributed by atoms with Gasteiger partial charge in [0.2, 0.25) is 5.91 Å². The van der Waals surface area contributed by atoms with Gasteiger partial charge in [0, 0.05) is 6.54 Å². The average molecular weight is 247 g/mol. The first-order valence-electron chi connectivity index (χ1n) is 5.88. The molecule has 0 N–H and O–H groups in total. The van der Waals surface area contributed by atoms with Gasteiger partial charge in [0.05, 0.1) is 19.8 Å². The van der Waals surface area contributed by atoms with Crippen molar-refractivity contribution in [1.82, 2.24) is 4.90 Å². The molecular weight excluding hydrogens is 230 g/mol. The van der Waals surface area contributed by atoms with Crippen LogP contribution in [0.15, 0.2) is 36.9 Å². The smallest absolute Gasteiger partial charge is 0.249 e. The van der Waals surface area contributed by atoms with Crippen LogP contribution >= 0.6 is 0 Å². The summed E-state index contributed by atoms with van der Waals surface area (Å²) in [6.45, 7) is 4.98. The van der Waals surface area contributed by atoms with Crippen LogP contribution in [0.25, 0.3) is 0 Å². The van der Waals surface area contributed by atoms with Crippen LogP contribution in [0.4, 0.5) is 0 Å². The maximum atomic E-state index is 11.7. The molecule has 4 nitrogen and oxygen atoms in total. The van der Waals surface area contributed by atoms with Crippen molar-refractivity contribution in [2.24, 2.45) is 0 Å². The lowest BCUT2D eigenvalue weighted by Crippen LogP contribution is -2.45. The number of benzene rings is 1. The first-order valence-corrected chi connectivity index (χ1v) is 5.88. The number of carbonyl (C=O) groups excluding carboxylic acids is 1. The summed E-state index contributed by atoms with van der Waals surface area (Å²) in [6, 6.07) is 7.71. The molecule has 4 heteroatoms. The van der Waals surface area contributed by atoms with Gasteiger partial charge in [0.15, 0.2) is 0 Å². The SMILES string of the molecule is C=CC1CN(Cc2ccc(OC)cc2)C(=O)CO1. The number of nitrogens with zero attached hydrogens (tertiary/aromatic N) is 1. The van der Waals surface area contributed by atoms with E-state index in [4.69, 9.17) is 9.47 Å². The van der Waals surface area contributed by atoms with E-state index in [0.29, 0.717) is 13.1 Å². The van der Waals surface area contributed by atoms with E-state index in [9.17, 15) is 4.79 Å². The molecule has 0 bridgehead atoms. The standard InChI is InChI=1S/C14H17NO3/c1-3-12-9-15(14(16)10-18-12)8-11-4-6-13(17-2)7-5-11/h3-7,12H,1,8-10H2,2H3. The van der Waals surface area contributed by atoms with Crippen molar-refractivity contribution >= 4 is 5.91 Å². The lowest BCUT2D eigenvalue weighted by atomic mass is 10.2. The molecule has 96 valence electrons. The zero-order chi connectivity index (χ0) is 13.0. The van der Waals surface area contributed by atoms with Crippen molar-refractivity contribution in [3.63, 3.8) is 0 Å². The van der Waals surface area contributed by atoms with Crippen molar-refractivity contribution in [3.05, 3.63) is 42.5 Å². The van der Waals surface area contributed by atoms with Gasteiger partial charge in [-0.3, -0.25) is 4.79 Å². The third-order valence-corrected chi connectivity index (χ3v) is 2.97. The molecule has 1 aromatic rings. The third kappa shape index (κ3) is 2.90. The van der Waals surface area contributed by atoms with E-state index in [1.54, 1.807) is 18.1 Å². The number of hydrogen-bond acceptors (Lipinski definition) is 3. The topological polar surface area (TPSA) is 38.8 Å². The molecule has 0 saturated carbocycles. The van der Waals surface area contributed by atoms with E-state index < -0.39 is 0 Å². The second-order valence-electron chi connectivity index (χ2n) is 4.21. The Hall–Kier alpha value is -1.81. The van der Waals surface area contributed by atoms with E-state index in [1.165, 1.54) is 0 Å². The number of amides is 1. The number of ether oxygens (including phenoxy) is 2. The predicted molar refractivity (Wildman–Crippen MR) is 68.3 cm³/mol. The molecule has 0 aliphatic carbocycles. The van der Waals surface area contributed by atoms with E-state index in [-0.39, 0.29) is 18.6 Å². The molecule has 1 aliphatic heterocycles. The summed E-state index contributed by atoms with van der Waals surface area (Å²) in [4.78, 5) is 13.5. The fourth-order valence-corrected chi connectivity index (χ4v) is 1.89. The Bertz CT molecular complexity index is 427. The van der Waals surface area contributed by atoms with Crippen LogP contribution < -0.4 is 4.74 Å². The molecule has 1 heterocycles. The fraction of sp³-hybridized carbons (Fsp3) is 0.357. The highest BCUT2D eigenvalue weighted by Gasteiger charge is 2.24. The first-order chi connectivity index (χ1) is 8.72. The molecule has 2 rings (SSSR count). The van der Waals surface area contributed by atoms with Crippen molar-refractivity contribution in [2.45, 2.75) is 12.6 Å². The van der Waals surface area contributed by atoms with Crippen LogP contribution in [0.3, 0.4) is 0 Å². The summed E-state index contributed by atoms with van der Waals surface area (Å²) in [7, 11) is 1.63. The minimum absolute atomic E-state index is 0.0175. The number of methoxy groups -OCH3 is 1. The van der Waals surface area contributed by atoms with Crippen LogP contribution in [0.1, 0.15) is 5.56 Å². The predicted octanol–water partition coefficient (Wildman–Crippen LogP) is 1.61. The molecule has 1 fully saturated rings. The molecule has 0 radical (unpaired) electrons. The number of morpholine rings is 1. The van der Waals surface area contributed by atoms with Gasteiger partial charge >= 0.3 is 0 Å². The molecule has 1 aromatic carbocycles. The highest BCUT2D eigenvalue weighted by Crippen LogP contribution is 2.15. The third-order valence-electron chi connectivity index (χ3n) is 2.97. The molecule has 1 atom stereocenters. The minimum atomic E-state index is -0.0686. The van der Waals surface area contributed by atoms with Crippen LogP contribution in [-0.2, 0) is 16.1 Å². The summed E-state index contributed by atoms with van der Waals surface area (Å²) in [5.74, 6) is 0.833. The Labute approximate surface area is 107 Å². The number of carbonyl (C=O) groups is 1. The van der Waals surface area contributed by atoms with Gasteiger partial charge in [-0.05, 0) is 17.7 Å². The quantitative estimate of drug-likeness (QED) is 0.759. The van der Waals surface area contributed by atoms with E-state index in [2.05, 4.69) is 6.58 Å². The monoisotopic (exact) mass is 247 g/mol. The lowest BCUT2D eigenvalue weighted by Gasteiger charge is -2.31. The van der Waals surface area contributed by atoms with Gasteiger partial charge in [-0.25, -0.2) is 0 Å². The largest absolute Gasteiger partial charge is 0.497 e. The van der Waals surface area contributed by atoms with Crippen LogP contribution in [0.5, 0.6) is 5.75 Å². The van der Waals surface area contributed by atoms with Gasteiger partial charge in [-0.1, -0.05) is 18.2 Å². The zero-order valence-corrected chi connectivity index (χ0v) is 10.5. The highest BCUT2D eigenvalue weighted by molar-refractivity contribution is 5.78. The van der Waals surface area contributed by atoms with Crippen molar-refractivity contribution < 1.29 is 14.3 Å². The number of hydrogen-bond donors (Lipinski definition) is 0. The Morgan fingerprint density at radius 2 is 2.22 bits per heavy atom. The molecule has 0 spiro atoms. The molecule has 1 unspecified atom stereocenters. The molecule has 0 aromatic heterocycles. The maximum Gasteiger partial charge on any atom is 0.249 e. The maximum absolute atomic E-state index is 11.7. The second kappa shape index (κ2) is 5.69. The van der Waals surface area contributed by atoms with Crippen LogP contribution in [-0.4, -0.2) is 37.2 Å². The number of rotatable bonds is 4. The van der Waals surface area contributed by atoms with Crippen molar-refractivity contribution in [1.29, 1.82) is 0 Å². The molecule has 1 amide bonds. The van der Waals surface area contributed by atoms with Crippen LogP contribution in [0, 0.1) is 0 Å². The molecular formula is C14H17NO3. The molecule has 1 aliphatic rings. The fourth-order valence-electron chi connectivity index (χ4n) is 1.89. The van der Waals surface area contributed by atoms with Gasteiger partial charge in [-0.15, -0.1) is 6.58 Å². The minimum Gasteiger partial charge on any atom is -0.497 e. The van der Waals surface area contributed by atoms with E-state index >= 15 is 0 Å². The van der Waals surface area contributed by atoms with E-state index in [1.807, 2.05) is 24.3 Å². The van der Waals surface area contributed by atoms with E-state index in [0.717, 1.165) is 11.3 Å². The van der Waals surface area contributed by atoms with Gasteiger partial charge in [-0.2, -0.15) is 0 Å². The molecule has 1 saturated heterocycles. The summed E-state index contributed by atoms with van der Waals surface area (Å²) < 4.78 is 10.4. The Kier molecular flexibility index (Phi) is 3.99. The Morgan fingerprint density at radius 3 is 2.83 bits per heavy atom. The van der Waals surface area contributed by atoms with Gasteiger partial charge in [0.1, 0.15) is 12.4 Å². The van der Waals surface area contributed by atoms with Crippen molar-refractivity contribution in [3.8, 4) is 5.75 Å². The summed E-state index contributed by atoms with van der Waals surface area (Å²) in [5.41, 5.74) is 1.08. The second-order valence-corrected chi connectivity index (χ2v) is 4.21. The van der Waals surface area contributed by atoms with Gasteiger partial charge < -0.3 is 14.4 Å². The Morgan fingerprint density at radius 1 is 1.50 bits per heavy atom. The van der Waals surface area contributed by atoms with Crippen LogP contribution in [0.2, 0.25) is 0 Å². The lowest BCUT2D eigenvalue weighted by molar-refractivity contribution is -0.147. The summed E-state index contributed by atoms with van der Waals surface area (Å²) in [5, 5.41) is 0. The highest BCUT2D eigenvalue weighted by atomic mass is 16.5. The first kappa shape index (κ1) is 12.6. The normalized spacial score (nSPS) is 19.7. The Balaban J connectivity index is 2.02. The van der Waals surface area contributed by atoms with Crippen molar-refractivity contribution in [2.75, 3.05) is 20.3 Å². The zero-order valence-electron chi connectivity index (χ0n) is 10.5.